The molecule has 7 aromatic rings. The summed E-state index contributed by atoms with van der Waals surface area (Å²) < 4.78 is 63.7. The molecule has 5 aliphatic rings. The average molecular weight is 1480 g/mol. The Balaban J connectivity index is 0.000000225. The van der Waals surface area contributed by atoms with E-state index in [-0.39, 0.29) is 27.5 Å². The fourth-order valence-electron chi connectivity index (χ4n) is 17.9. The van der Waals surface area contributed by atoms with Gasteiger partial charge in [0.05, 0.1) is 31.4 Å². The Morgan fingerprint density at radius 3 is 1.49 bits per heavy atom. The lowest BCUT2D eigenvalue weighted by molar-refractivity contribution is -0.136. The number of halogens is 3. The highest BCUT2D eigenvalue weighted by molar-refractivity contribution is 5.91. The number of fused-ring (bicyclic) bond motifs is 8. The third-order valence-corrected chi connectivity index (χ3v) is 23.0. The monoisotopic (exact) mass is 1480 g/mol. The number of hydrogen-bond donors (Lipinski definition) is 0. The zero-order chi connectivity index (χ0) is 77.3. The predicted octanol–water partition coefficient (Wildman–Crippen LogP) is 27.5. The van der Waals surface area contributed by atoms with Crippen LogP contribution in [0, 0.1) is 17.9 Å². The summed E-state index contributed by atoms with van der Waals surface area (Å²) in [5.41, 5.74) is 18.2. The average Bonchev–Trinajstić information content (AvgIpc) is 1.63. The van der Waals surface area contributed by atoms with E-state index in [9.17, 15) is 18.0 Å². The van der Waals surface area contributed by atoms with Gasteiger partial charge in [-0.1, -0.05) is 237 Å². The Bertz CT molecular complexity index is 4290. The summed E-state index contributed by atoms with van der Waals surface area (Å²) in [6, 6.07) is 41.2. The fourth-order valence-corrected chi connectivity index (χ4v) is 17.9. The normalized spacial score (nSPS) is 15.2. The van der Waals surface area contributed by atoms with Gasteiger partial charge in [0.25, 0.3) is 5.70 Å². The number of unbranched alkanes of at least 4 members (excludes halogenated alkanes) is 18. The van der Waals surface area contributed by atoms with Crippen molar-refractivity contribution >= 4 is 28.4 Å². The van der Waals surface area contributed by atoms with Crippen molar-refractivity contribution in [2.75, 3.05) is 50.2 Å². The number of hydrogen-bond acceptors (Lipinski definition) is 8. The zero-order valence-electron chi connectivity index (χ0n) is 67.1. The molecule has 0 unspecified atom stereocenters. The van der Waals surface area contributed by atoms with Crippen LogP contribution in [0.15, 0.2) is 159 Å². The molecule has 0 atom stereocenters. The van der Waals surface area contributed by atoms with Crippen molar-refractivity contribution < 1.29 is 31.8 Å². The van der Waals surface area contributed by atoms with Crippen molar-refractivity contribution in [3.05, 3.63) is 217 Å². The summed E-state index contributed by atoms with van der Waals surface area (Å²) in [6.07, 6.45) is 42.0. The molecule has 9 nitrogen and oxygen atoms in total. The highest BCUT2D eigenvalue weighted by Crippen LogP contribution is 2.58. The number of benzene rings is 6. The molecule has 0 spiro atoms. The molecule has 0 radical (unpaired) electrons. The number of allylic oxidation sites excluding steroid dienone is 6. The van der Waals surface area contributed by atoms with E-state index in [1.54, 1.807) is 25.1 Å². The van der Waals surface area contributed by atoms with Gasteiger partial charge in [-0.05, 0) is 216 Å². The van der Waals surface area contributed by atoms with Crippen LogP contribution in [-0.4, -0.2) is 40.4 Å². The Kier molecular flexibility index (Phi) is 30.6. The van der Waals surface area contributed by atoms with E-state index >= 15 is 0 Å². The molecular formula is C97H121F3N4O5. The molecule has 6 aromatic carbocycles. The molecule has 0 bridgehead atoms. The zero-order valence-corrected chi connectivity index (χ0v) is 67.1. The maximum atomic E-state index is 13.3. The molecule has 1 aromatic heterocycles. The minimum Gasteiger partial charge on any atom is -0.494 e. The second-order valence-corrected chi connectivity index (χ2v) is 31.3. The Morgan fingerprint density at radius 2 is 1.04 bits per heavy atom. The van der Waals surface area contributed by atoms with Gasteiger partial charge in [-0.25, -0.2) is 14.9 Å². The van der Waals surface area contributed by atoms with Gasteiger partial charge in [0, 0.05) is 66.4 Å². The van der Waals surface area contributed by atoms with E-state index in [4.69, 9.17) is 30.5 Å². The molecule has 580 valence electrons. The van der Waals surface area contributed by atoms with E-state index in [0.717, 1.165) is 149 Å². The largest absolute Gasteiger partial charge is 0.494 e. The second kappa shape index (κ2) is 40.3. The molecule has 4 heterocycles. The van der Waals surface area contributed by atoms with E-state index < -0.39 is 17.4 Å². The lowest BCUT2D eigenvalue weighted by atomic mass is 9.70. The van der Waals surface area contributed by atoms with Crippen molar-refractivity contribution in [2.45, 2.75) is 271 Å². The van der Waals surface area contributed by atoms with Crippen molar-refractivity contribution in [2.24, 2.45) is 0 Å². The number of nitriles is 1. The molecule has 0 saturated carbocycles. The van der Waals surface area contributed by atoms with Gasteiger partial charge in [0.2, 0.25) is 0 Å². The predicted molar refractivity (Wildman–Crippen MR) is 447 cm³/mol. The fraction of sp³-hybridized carbons (Fsp3) is 0.495. The van der Waals surface area contributed by atoms with E-state index in [1.807, 2.05) is 61.5 Å². The highest BCUT2D eigenvalue weighted by Gasteiger charge is 2.45. The third-order valence-electron chi connectivity index (χ3n) is 23.0. The van der Waals surface area contributed by atoms with Gasteiger partial charge < -0.3 is 28.4 Å². The number of rotatable bonds is 36. The first kappa shape index (κ1) is 82.7. The molecule has 0 saturated heterocycles. The Hall–Kier alpha value is -8.74. The lowest BCUT2D eigenvalue weighted by Gasteiger charge is -2.37. The summed E-state index contributed by atoms with van der Waals surface area (Å²) in [6.45, 7) is 26.4. The van der Waals surface area contributed by atoms with Gasteiger partial charge in [-0.3, -0.25) is 0 Å². The van der Waals surface area contributed by atoms with Crippen LogP contribution >= 0.6 is 0 Å². The van der Waals surface area contributed by atoms with E-state index in [1.165, 1.54) is 171 Å². The molecule has 0 fully saturated rings. The molecule has 0 N–H and O–H groups in total. The highest BCUT2D eigenvalue weighted by atomic mass is 19.4. The summed E-state index contributed by atoms with van der Waals surface area (Å²) in [7, 11) is 4.00. The quantitative estimate of drug-likeness (QED) is 0.0166. The van der Waals surface area contributed by atoms with Crippen LogP contribution < -0.4 is 24.9 Å². The maximum absolute atomic E-state index is 13.3. The SMILES string of the molecule is CCCCCCCCCCCCOc1ccc2c(c1)C(CCC)(CCC)c1cc(-c3ccc4c(c3)C(CCC)(CCC)c3cc(OCCCCCCCCCCCC)ccc3-4)ccc1-2.O=c1cc(C(F)(F)F)c2cc3c4c(c2o1)CCCN4CCC3.[C-]#[N+]/C(C#N)=C1/C=C(C)OC(/C=C/c2ccc(N(C)C)cc2)=C1. The Morgan fingerprint density at radius 1 is 0.578 bits per heavy atom. The first-order valence-electron chi connectivity index (χ1n) is 41.8. The van der Waals surface area contributed by atoms with Crippen molar-refractivity contribution in [1.29, 1.82) is 5.26 Å². The summed E-state index contributed by atoms with van der Waals surface area (Å²) in [4.78, 5) is 19.1. The van der Waals surface area contributed by atoms with Gasteiger partial charge in [0.1, 0.15) is 28.6 Å². The standard InChI is InChI=1S/C62H90O2.C19H17N3O.C16H14F3NO2/c1-7-13-15-17-19-21-23-25-27-29-43-63-51-33-37-55-53-35-31-49(45-57(53)61(39-9-3,40-10-4)59(55)47-51)50-32-36-54-56-38-34-52(64-44-30-28-26-24-22-20-18-16-14-8-2)48-60(56)62(41-11-5,42-12-6)58(54)46-50;1-14-11-16(19(13-20)21-2)12-18(23-14)10-7-15-5-8-17(9-6-15)22(3)4;17-16(18,19)12-8-13(21)22-15-10-4-2-6-20-5-1-3-9(14(10)20)7-11(12)15/h31-38,45-48H,7-30,39-44H2,1-6H3;5-12H,1,3-4H3;7-8H,1-6H2/b;10-7+,19-16-;. The van der Waals surface area contributed by atoms with Gasteiger partial charge >= 0.3 is 11.8 Å². The van der Waals surface area contributed by atoms with Crippen molar-refractivity contribution in [3.8, 4) is 50.9 Å². The topological polar surface area (TPSA) is 92.5 Å². The summed E-state index contributed by atoms with van der Waals surface area (Å²) in [5, 5.41) is 9.00. The van der Waals surface area contributed by atoms with Crippen LogP contribution in [0.3, 0.4) is 0 Å². The summed E-state index contributed by atoms with van der Waals surface area (Å²) >= 11 is 0. The molecular weight excluding hydrogens is 1360 g/mol. The van der Waals surface area contributed by atoms with Crippen LogP contribution in [0.2, 0.25) is 0 Å². The number of anilines is 2. The van der Waals surface area contributed by atoms with Crippen LogP contribution in [-0.2, 0) is 34.6 Å². The minimum absolute atomic E-state index is 0.00606. The number of ether oxygens (including phenoxy) is 3. The van der Waals surface area contributed by atoms with Crippen LogP contribution in [0.25, 0.3) is 55.3 Å². The first-order valence-corrected chi connectivity index (χ1v) is 41.8. The van der Waals surface area contributed by atoms with E-state index in [0.29, 0.717) is 29.6 Å². The maximum Gasteiger partial charge on any atom is 0.417 e. The van der Waals surface area contributed by atoms with Crippen LogP contribution in [0.5, 0.6) is 11.5 Å². The van der Waals surface area contributed by atoms with Crippen molar-refractivity contribution in [3.63, 3.8) is 0 Å². The number of alkyl halides is 3. The van der Waals surface area contributed by atoms with Gasteiger partial charge in [0.15, 0.2) is 0 Å². The second-order valence-electron chi connectivity index (χ2n) is 31.3. The van der Waals surface area contributed by atoms with E-state index in [2.05, 4.69) is 124 Å². The lowest BCUT2D eigenvalue weighted by Crippen LogP contribution is -2.34. The van der Waals surface area contributed by atoms with Crippen molar-refractivity contribution in [1.82, 2.24) is 0 Å². The smallest absolute Gasteiger partial charge is 0.417 e. The Labute approximate surface area is 650 Å². The number of aryl methyl sites for hydroxylation is 2. The molecule has 0 amide bonds. The molecule has 109 heavy (non-hydrogen) atoms. The molecule has 3 aliphatic heterocycles. The molecule has 2 aliphatic carbocycles. The first-order chi connectivity index (χ1) is 53.0. The third kappa shape index (κ3) is 20.5. The van der Waals surface area contributed by atoms with Gasteiger partial charge in [-0.2, -0.15) is 13.2 Å². The van der Waals surface area contributed by atoms with Crippen LogP contribution in [0.1, 0.15) is 286 Å². The summed E-state index contributed by atoms with van der Waals surface area (Å²) in [5.74, 6) is 3.36. The van der Waals surface area contributed by atoms with Crippen LogP contribution in [0.4, 0.5) is 24.5 Å². The molecule has 12 heteroatoms. The molecule has 12 rings (SSSR count). The minimum atomic E-state index is -4.56. The van der Waals surface area contributed by atoms with Gasteiger partial charge in [-0.15, -0.1) is 0 Å². The number of nitrogens with zero attached hydrogens (tertiary/aromatic N) is 4.